The number of hydrogen-bond donors (Lipinski definition) is 0. The molecule has 1 fully saturated rings. The van der Waals surface area contributed by atoms with Crippen LogP contribution in [0.1, 0.15) is 47.6 Å². The van der Waals surface area contributed by atoms with Crippen molar-refractivity contribution in [3.8, 4) is 17.0 Å². The van der Waals surface area contributed by atoms with Crippen molar-refractivity contribution in [3.63, 3.8) is 0 Å². The number of nitrogens with zero attached hydrogens (tertiary/aromatic N) is 1. The third-order valence-corrected chi connectivity index (χ3v) is 5.97. The van der Waals surface area contributed by atoms with Gasteiger partial charge in [-0.1, -0.05) is 52.6 Å². The predicted molar refractivity (Wildman–Crippen MR) is 112 cm³/mol. The monoisotopic (exact) mass is 411 g/mol. The van der Waals surface area contributed by atoms with E-state index in [1.165, 1.54) is 11.1 Å². The number of halogens is 2. The zero-order valence-corrected chi connectivity index (χ0v) is 16.8. The summed E-state index contributed by atoms with van der Waals surface area (Å²) in [6.07, 6.45) is 8.73. The zero-order chi connectivity index (χ0) is 19.1. The number of hydrogen-bond acceptors (Lipinski definition) is 3. The van der Waals surface area contributed by atoms with Crippen LogP contribution in [0.2, 0.25) is 10.0 Å². The second-order valence-electron chi connectivity index (χ2n) is 7.34. The maximum atomic E-state index is 6.42. The summed E-state index contributed by atoms with van der Waals surface area (Å²) in [5, 5.41) is 5.44. The number of allylic oxidation sites excluding steroid dienone is 1. The highest BCUT2D eigenvalue weighted by Crippen LogP contribution is 2.46. The smallest absolute Gasteiger partial charge is 0.147 e. The number of aryl methyl sites for hydroxylation is 1. The van der Waals surface area contributed by atoms with E-state index in [1.54, 1.807) is 0 Å². The Kier molecular flexibility index (Phi) is 4.65. The molecular formula is C23H19Cl2NO2. The first-order valence-electron chi connectivity index (χ1n) is 9.56. The van der Waals surface area contributed by atoms with Crippen molar-refractivity contribution in [2.24, 2.45) is 0 Å². The maximum Gasteiger partial charge on any atom is 0.147 e. The van der Waals surface area contributed by atoms with Gasteiger partial charge in [0.05, 0.1) is 15.6 Å². The van der Waals surface area contributed by atoms with Gasteiger partial charge in [0, 0.05) is 11.5 Å². The molecule has 0 spiro atoms. The molecule has 1 saturated carbocycles. The maximum absolute atomic E-state index is 6.42. The first-order chi connectivity index (χ1) is 13.7. The highest BCUT2D eigenvalue weighted by atomic mass is 35.5. The van der Waals surface area contributed by atoms with Crippen molar-refractivity contribution in [1.82, 2.24) is 5.16 Å². The number of rotatable bonds is 5. The Hall–Kier alpha value is -2.23. The van der Waals surface area contributed by atoms with Gasteiger partial charge in [-0.15, -0.1) is 0 Å². The standard InChI is InChI=1S/C23H19Cl2NO2/c24-19-6-3-7-20(25)21(19)22-18(23(28-26-22)15-8-9-15)13-27-17-11-10-14-4-1-2-5-16(14)12-17/h1,3-4,6-7,10-12,15H,2,5,8-9,13H2. The SMILES string of the molecule is Clc1cccc(Cl)c1-c1noc(C2CC2)c1COc1ccc2c(c1)CCC=C2. The first-order valence-corrected chi connectivity index (χ1v) is 10.3. The van der Waals surface area contributed by atoms with Crippen molar-refractivity contribution in [1.29, 1.82) is 0 Å². The summed E-state index contributed by atoms with van der Waals surface area (Å²) < 4.78 is 11.9. The van der Waals surface area contributed by atoms with Crippen LogP contribution in [-0.4, -0.2) is 5.16 Å². The summed E-state index contributed by atoms with van der Waals surface area (Å²) in [5.74, 6) is 2.16. The van der Waals surface area contributed by atoms with Gasteiger partial charge in [-0.05, 0) is 61.1 Å². The minimum Gasteiger partial charge on any atom is -0.489 e. The molecule has 0 N–H and O–H groups in total. The molecule has 1 heterocycles. The lowest BCUT2D eigenvalue weighted by atomic mass is 9.97. The number of fused-ring (bicyclic) bond motifs is 1. The Labute approximate surface area is 173 Å². The summed E-state index contributed by atoms with van der Waals surface area (Å²) in [4.78, 5) is 0. The van der Waals surface area contributed by atoms with Crippen LogP contribution in [0.5, 0.6) is 5.75 Å². The van der Waals surface area contributed by atoms with E-state index in [9.17, 15) is 0 Å². The first kappa shape index (κ1) is 17.8. The molecule has 28 heavy (non-hydrogen) atoms. The third-order valence-electron chi connectivity index (χ3n) is 5.34. The van der Waals surface area contributed by atoms with Gasteiger partial charge in [0.1, 0.15) is 23.8 Å². The lowest BCUT2D eigenvalue weighted by Crippen LogP contribution is -2.01. The van der Waals surface area contributed by atoms with Crippen LogP contribution in [0.15, 0.2) is 47.0 Å². The quantitative estimate of drug-likeness (QED) is 0.450. The van der Waals surface area contributed by atoms with E-state index >= 15 is 0 Å². The van der Waals surface area contributed by atoms with Crippen molar-refractivity contribution < 1.29 is 9.26 Å². The molecule has 0 saturated heterocycles. The molecule has 0 unspecified atom stereocenters. The van der Waals surface area contributed by atoms with Gasteiger partial charge in [-0.3, -0.25) is 0 Å². The van der Waals surface area contributed by atoms with Crippen molar-refractivity contribution in [2.75, 3.05) is 0 Å². The van der Waals surface area contributed by atoms with Gasteiger partial charge < -0.3 is 9.26 Å². The van der Waals surface area contributed by atoms with Crippen LogP contribution in [0.25, 0.3) is 17.3 Å². The van der Waals surface area contributed by atoms with E-state index in [1.807, 2.05) is 24.3 Å². The third kappa shape index (κ3) is 3.34. The Bertz CT molecular complexity index is 1050. The molecular weight excluding hydrogens is 393 g/mol. The summed E-state index contributed by atoms with van der Waals surface area (Å²) in [6, 6.07) is 11.7. The fourth-order valence-electron chi connectivity index (χ4n) is 3.70. The molecule has 0 radical (unpaired) electrons. The Morgan fingerprint density at radius 3 is 2.71 bits per heavy atom. The fraction of sp³-hybridized carbons (Fsp3) is 0.261. The summed E-state index contributed by atoms with van der Waals surface area (Å²) >= 11 is 12.8. The van der Waals surface area contributed by atoms with Gasteiger partial charge in [0.15, 0.2) is 0 Å². The van der Waals surface area contributed by atoms with E-state index in [0.29, 0.717) is 33.8 Å². The van der Waals surface area contributed by atoms with E-state index in [2.05, 4.69) is 29.4 Å². The van der Waals surface area contributed by atoms with Crippen LogP contribution in [-0.2, 0) is 13.0 Å². The second kappa shape index (κ2) is 7.31. The molecule has 2 aliphatic rings. The lowest BCUT2D eigenvalue weighted by Gasteiger charge is -2.13. The summed E-state index contributed by atoms with van der Waals surface area (Å²) in [6.45, 7) is 0.376. The largest absolute Gasteiger partial charge is 0.489 e. The Morgan fingerprint density at radius 2 is 1.93 bits per heavy atom. The van der Waals surface area contributed by atoms with Crippen LogP contribution >= 0.6 is 23.2 Å². The Morgan fingerprint density at radius 1 is 1.11 bits per heavy atom. The predicted octanol–water partition coefficient (Wildman–Crippen LogP) is 7.06. The van der Waals surface area contributed by atoms with Crippen LogP contribution in [0.3, 0.4) is 0 Å². The van der Waals surface area contributed by atoms with Crippen LogP contribution in [0.4, 0.5) is 0 Å². The van der Waals surface area contributed by atoms with Gasteiger partial charge in [0.2, 0.25) is 0 Å². The zero-order valence-electron chi connectivity index (χ0n) is 15.3. The van der Waals surface area contributed by atoms with Crippen LogP contribution in [0, 0.1) is 0 Å². The average molecular weight is 412 g/mol. The molecule has 3 nitrogen and oxygen atoms in total. The second-order valence-corrected chi connectivity index (χ2v) is 8.15. The normalized spacial score (nSPS) is 15.5. The van der Waals surface area contributed by atoms with Crippen LogP contribution < -0.4 is 4.74 Å². The highest BCUT2D eigenvalue weighted by Gasteiger charge is 2.33. The van der Waals surface area contributed by atoms with Gasteiger partial charge in [-0.25, -0.2) is 0 Å². The van der Waals surface area contributed by atoms with E-state index < -0.39 is 0 Å². The summed E-state index contributed by atoms with van der Waals surface area (Å²) in [5.41, 5.74) is 4.91. The molecule has 0 bridgehead atoms. The number of ether oxygens (including phenoxy) is 1. The minimum atomic E-state index is 0.376. The topological polar surface area (TPSA) is 35.3 Å². The van der Waals surface area contributed by atoms with Crippen molar-refractivity contribution in [3.05, 3.63) is 75.0 Å². The highest BCUT2D eigenvalue weighted by molar-refractivity contribution is 6.39. The molecule has 0 amide bonds. The number of aromatic nitrogens is 1. The molecule has 0 atom stereocenters. The van der Waals surface area contributed by atoms with Gasteiger partial charge in [0.25, 0.3) is 0 Å². The van der Waals surface area contributed by atoms with E-state index in [0.717, 1.165) is 42.8 Å². The van der Waals surface area contributed by atoms with E-state index in [-0.39, 0.29) is 0 Å². The molecule has 0 aliphatic heterocycles. The molecule has 2 aliphatic carbocycles. The molecule has 5 rings (SSSR count). The average Bonchev–Trinajstić information content (AvgIpc) is 3.47. The van der Waals surface area contributed by atoms with Gasteiger partial charge in [-0.2, -0.15) is 0 Å². The minimum absolute atomic E-state index is 0.376. The van der Waals surface area contributed by atoms with Crippen molar-refractivity contribution in [2.45, 2.75) is 38.2 Å². The molecule has 3 aromatic rings. The summed E-state index contributed by atoms with van der Waals surface area (Å²) in [7, 11) is 0. The lowest BCUT2D eigenvalue weighted by molar-refractivity contribution is 0.300. The molecule has 2 aromatic carbocycles. The number of benzene rings is 2. The Balaban J connectivity index is 1.48. The van der Waals surface area contributed by atoms with Crippen molar-refractivity contribution >= 4 is 29.3 Å². The van der Waals surface area contributed by atoms with E-state index in [4.69, 9.17) is 32.5 Å². The molecule has 142 valence electrons. The molecule has 5 heteroatoms. The fourth-order valence-corrected chi connectivity index (χ4v) is 4.28. The molecule has 1 aromatic heterocycles. The van der Waals surface area contributed by atoms with Gasteiger partial charge >= 0.3 is 0 Å².